The first-order valence-corrected chi connectivity index (χ1v) is 29.4. The van der Waals surface area contributed by atoms with Crippen LogP contribution >= 0.6 is 0 Å². The van der Waals surface area contributed by atoms with Crippen molar-refractivity contribution in [3.63, 3.8) is 0 Å². The highest BCUT2D eigenvalue weighted by Crippen LogP contribution is 2.45. The molecule has 9 aromatic carbocycles. The van der Waals surface area contributed by atoms with Crippen LogP contribution in [-0.2, 0) is 16.2 Å². The van der Waals surface area contributed by atoms with E-state index < -0.39 is 8.07 Å². The van der Waals surface area contributed by atoms with E-state index in [4.69, 9.17) is 9.72 Å². The minimum Gasteiger partial charge on any atom is -0.457 e. The smallest absolute Gasteiger partial charge is 0.457 e. The van der Waals surface area contributed by atoms with Gasteiger partial charge in [-0.2, -0.15) is 0 Å². The van der Waals surface area contributed by atoms with E-state index in [0.29, 0.717) is 11.5 Å². The molecule has 2 aromatic heterocycles. The molecule has 0 N–H and O–H groups in total. The molecule has 7 heteroatoms. The molecule has 388 valence electrons. The van der Waals surface area contributed by atoms with Gasteiger partial charge in [-0.25, -0.2) is 9.37 Å². The molecule has 3 heterocycles. The van der Waals surface area contributed by atoms with Crippen LogP contribution in [0.3, 0.4) is 0 Å². The largest absolute Gasteiger partial charge is 0.503 e. The molecule has 0 amide bonds. The number of para-hydroxylation sites is 1. The first kappa shape index (κ1) is 51.0. The molecule has 0 spiro atoms. The van der Waals surface area contributed by atoms with Crippen LogP contribution < -0.4 is 34.6 Å². The van der Waals surface area contributed by atoms with Gasteiger partial charge >= 0.3 is 11.7 Å². The zero-order valence-corrected chi connectivity index (χ0v) is 47.5. The first-order valence-electron chi connectivity index (χ1n) is 27.4. The molecular formula is C72H65FN4OSi+2. The molecule has 0 radical (unpaired) electrons. The highest BCUT2D eigenvalue weighted by Gasteiger charge is 2.44. The van der Waals surface area contributed by atoms with Crippen molar-refractivity contribution in [1.82, 2.24) is 18.7 Å². The fraction of sp³-hybridized carbons (Fsp3) is 0.167. The monoisotopic (exact) mass is 1050 g/mol. The fourth-order valence-electron chi connectivity index (χ4n) is 11.5. The zero-order chi connectivity index (χ0) is 54.8. The average Bonchev–Trinajstić information content (AvgIpc) is 4.26. The van der Waals surface area contributed by atoms with Crippen LogP contribution in [-0.4, -0.2) is 23.6 Å². The normalized spacial score (nSPS) is 12.9. The summed E-state index contributed by atoms with van der Waals surface area (Å²) in [5.74, 6) is 1.79. The van der Waals surface area contributed by atoms with Crippen molar-refractivity contribution in [3.8, 4) is 28.4 Å². The van der Waals surface area contributed by atoms with Gasteiger partial charge in [-0.15, -0.1) is 0 Å². The van der Waals surface area contributed by atoms with Gasteiger partial charge in [0, 0.05) is 47.3 Å². The van der Waals surface area contributed by atoms with Gasteiger partial charge in [-0.05, 0) is 123 Å². The average molecular weight is 1050 g/mol. The number of nitrogens with zero attached hydrogens (tertiary/aromatic N) is 4. The molecule has 11 aromatic rings. The molecule has 0 aliphatic carbocycles. The third kappa shape index (κ3) is 9.33. The predicted molar refractivity (Wildman–Crippen MR) is 331 cm³/mol. The molecule has 1 aliphatic rings. The lowest BCUT2D eigenvalue weighted by Crippen LogP contribution is -2.74. The van der Waals surface area contributed by atoms with Crippen LogP contribution in [0.4, 0.5) is 27.1 Å². The molecule has 0 saturated carbocycles. The maximum absolute atomic E-state index is 15.0. The van der Waals surface area contributed by atoms with Crippen LogP contribution in [0.5, 0.6) is 11.5 Å². The van der Waals surface area contributed by atoms with Crippen LogP contribution in [0.15, 0.2) is 231 Å². The van der Waals surface area contributed by atoms with Gasteiger partial charge in [0.15, 0.2) is 8.07 Å². The topological polar surface area (TPSA) is 33.1 Å². The summed E-state index contributed by atoms with van der Waals surface area (Å²) < 4.78 is 28.4. The third-order valence-corrected chi connectivity index (χ3v) is 20.4. The van der Waals surface area contributed by atoms with Gasteiger partial charge in [0.1, 0.15) is 23.1 Å². The highest BCUT2D eigenvalue weighted by atomic mass is 28.3. The lowest BCUT2D eigenvalue weighted by atomic mass is 9.80. The summed E-state index contributed by atoms with van der Waals surface area (Å²) in [6.07, 6.45) is 1.86. The van der Waals surface area contributed by atoms with Crippen molar-refractivity contribution >= 4 is 79.4 Å². The first-order chi connectivity index (χ1) is 37.9. The van der Waals surface area contributed by atoms with E-state index >= 15 is 0 Å². The number of fused-ring (bicyclic) bond motifs is 4. The van der Waals surface area contributed by atoms with Crippen molar-refractivity contribution in [1.29, 1.82) is 0 Å². The summed E-state index contributed by atoms with van der Waals surface area (Å²) in [5, 5.41) is 7.01. The predicted octanol–water partition coefficient (Wildman–Crippen LogP) is 15.9. The molecule has 79 heavy (non-hydrogen) atoms. The summed E-state index contributed by atoms with van der Waals surface area (Å²) in [7, 11) is -2.86. The van der Waals surface area contributed by atoms with E-state index in [-0.39, 0.29) is 22.1 Å². The number of pyridine rings is 1. The highest BCUT2D eigenvalue weighted by molar-refractivity contribution is 7.19. The summed E-state index contributed by atoms with van der Waals surface area (Å²) in [6.45, 7) is 20.3. The van der Waals surface area contributed by atoms with Gasteiger partial charge in [0.25, 0.3) is 5.69 Å². The SMILES string of the molecule is CC(C)(C)c1cc([N+]2=C=[N+](c3cccc(Oc4ccc5c6cc(F)ccc6n(-c6cc(C(C)(C)C)ccn6)c5c4)c3)c3cccc(-c4cccc([Si](c5ccccc5)(c5ccccc5)c5ccccc5)c4)c32)cc(C(C)(C)C)c1. The van der Waals surface area contributed by atoms with Gasteiger partial charge < -0.3 is 4.74 Å². The Morgan fingerprint density at radius 2 is 1.05 bits per heavy atom. The zero-order valence-electron chi connectivity index (χ0n) is 46.5. The van der Waals surface area contributed by atoms with Crippen molar-refractivity contribution < 1.29 is 9.13 Å². The molecule has 0 bridgehead atoms. The molecule has 12 rings (SSSR count). The number of ether oxygens (including phenoxy) is 1. The Hall–Kier alpha value is -8.74. The summed E-state index contributed by atoms with van der Waals surface area (Å²) in [4.78, 5) is 4.86. The molecule has 0 fully saturated rings. The van der Waals surface area contributed by atoms with Crippen molar-refractivity contribution in [2.75, 3.05) is 0 Å². The second kappa shape index (κ2) is 19.6. The van der Waals surface area contributed by atoms with Crippen LogP contribution in [0, 0.1) is 5.82 Å². The van der Waals surface area contributed by atoms with Gasteiger partial charge in [-0.1, -0.05) is 196 Å². The third-order valence-electron chi connectivity index (χ3n) is 15.7. The molecule has 1 aliphatic heterocycles. The summed E-state index contributed by atoms with van der Waals surface area (Å²) >= 11 is 0. The fourth-order valence-corrected chi connectivity index (χ4v) is 16.3. The second-order valence-corrected chi connectivity index (χ2v) is 27.9. The van der Waals surface area contributed by atoms with E-state index in [1.54, 1.807) is 6.07 Å². The number of hydrogen-bond acceptors (Lipinski definition) is 2. The van der Waals surface area contributed by atoms with E-state index in [1.165, 1.54) is 37.9 Å². The minimum atomic E-state index is -2.86. The van der Waals surface area contributed by atoms with E-state index in [2.05, 4.69) is 258 Å². The lowest BCUT2D eigenvalue weighted by molar-refractivity contribution is 0.483. The van der Waals surface area contributed by atoms with Gasteiger partial charge in [0.2, 0.25) is 11.4 Å². The van der Waals surface area contributed by atoms with E-state index in [9.17, 15) is 4.39 Å². The summed E-state index contributed by atoms with van der Waals surface area (Å²) in [6, 6.07) is 83.8. The van der Waals surface area contributed by atoms with Crippen LogP contribution in [0.25, 0.3) is 38.8 Å². The Bertz CT molecular complexity index is 4080. The van der Waals surface area contributed by atoms with Gasteiger partial charge in [0.05, 0.1) is 22.7 Å². The number of aromatic nitrogens is 2. The quantitative estimate of drug-likeness (QED) is 0.0777. The maximum Gasteiger partial charge on any atom is 0.503 e. The van der Waals surface area contributed by atoms with Crippen molar-refractivity contribution in [2.45, 2.75) is 78.6 Å². The maximum atomic E-state index is 15.0. The Morgan fingerprint density at radius 3 is 1.68 bits per heavy atom. The van der Waals surface area contributed by atoms with Crippen molar-refractivity contribution in [2.24, 2.45) is 0 Å². The second-order valence-electron chi connectivity index (χ2n) is 24.1. The lowest BCUT2D eigenvalue weighted by Gasteiger charge is -2.34. The molecule has 0 atom stereocenters. The standard InChI is InChI=1S/C72H65FN4OSi/c1-70(2,3)50-38-39-74-68(44-50)77-65-37-34-53(73)45-64(65)63-36-35-57(47-67(63)77)78-56-24-20-23-54(46-56)75-48-76(55-42-51(71(4,5)6)41-52(43-55)72(7,8)9)69-62(32-21-33-66(69)75)49-22-19-31-61(40-49)79(58-25-13-10-14-26-58,59-27-15-11-16-28-59)60-29-17-12-18-30-60/h10-47H,1-9H3/q+2. The Morgan fingerprint density at radius 1 is 0.456 bits per heavy atom. The van der Waals surface area contributed by atoms with Crippen molar-refractivity contribution in [3.05, 3.63) is 253 Å². The number of hydrogen-bond donors (Lipinski definition) is 0. The number of rotatable bonds is 10. The van der Waals surface area contributed by atoms with Gasteiger partial charge in [-0.3, -0.25) is 4.57 Å². The Balaban J connectivity index is 1.02. The van der Waals surface area contributed by atoms with Crippen LogP contribution in [0.1, 0.15) is 79.0 Å². The molecule has 5 nitrogen and oxygen atoms in total. The number of benzene rings is 9. The number of halogens is 1. The summed E-state index contributed by atoms with van der Waals surface area (Å²) in [5.41, 5.74) is 11.3. The molecule has 0 unspecified atom stereocenters. The molecular weight excluding hydrogens is 984 g/mol. The van der Waals surface area contributed by atoms with E-state index in [0.717, 1.165) is 67.1 Å². The Kier molecular flexibility index (Phi) is 12.7. The Labute approximate surface area is 464 Å². The van der Waals surface area contributed by atoms with Crippen LogP contribution in [0.2, 0.25) is 0 Å². The molecule has 0 saturated heterocycles. The minimum absolute atomic E-state index is 0.0931. The van der Waals surface area contributed by atoms with E-state index in [1.807, 2.05) is 42.6 Å².